The molecule has 5 aliphatic rings. The van der Waals surface area contributed by atoms with Gasteiger partial charge in [-0.05, 0) is 79.6 Å². The zero-order valence-electron chi connectivity index (χ0n) is 29.0. The van der Waals surface area contributed by atoms with Crippen LogP contribution in [-0.2, 0) is 53.0 Å². The van der Waals surface area contributed by atoms with E-state index < -0.39 is 99.0 Å². The summed E-state index contributed by atoms with van der Waals surface area (Å²) in [6, 6.07) is 0. The molecule has 1 saturated heterocycles. The first kappa shape index (κ1) is 45.9. The molecule has 4 aliphatic carbocycles. The number of hydrogen-bond donors (Lipinski definition) is 3. The van der Waals surface area contributed by atoms with E-state index in [-0.39, 0.29) is 146 Å². The van der Waals surface area contributed by atoms with Gasteiger partial charge in [-0.1, -0.05) is 27.4 Å². The van der Waals surface area contributed by atoms with Gasteiger partial charge in [-0.15, -0.1) is 0 Å². The molecule has 16 nitrogen and oxygen atoms in total. The smallest absolute Gasteiger partial charge is 0.726 e. The monoisotopic (exact) mass is 802 g/mol. The maximum atomic E-state index is 12.9. The Morgan fingerprint density at radius 3 is 2.20 bits per heavy atom. The van der Waals surface area contributed by atoms with Gasteiger partial charge in [-0.3, -0.25) is 18.0 Å². The van der Waals surface area contributed by atoms with Crippen LogP contribution < -0.4 is 103 Å². The van der Waals surface area contributed by atoms with Crippen molar-refractivity contribution in [2.75, 3.05) is 6.61 Å². The summed E-state index contributed by atoms with van der Waals surface area (Å²) >= 11 is 0. The van der Waals surface area contributed by atoms with Crippen molar-refractivity contribution in [2.24, 2.45) is 40.4 Å². The van der Waals surface area contributed by atoms with Crippen LogP contribution in [-0.4, -0.2) is 103 Å². The second kappa shape index (κ2) is 17.4. The largest absolute Gasteiger partial charge is 1.00 e. The van der Waals surface area contributed by atoms with Gasteiger partial charge in [0.05, 0.1) is 24.7 Å². The number of carbonyl (C=O) groups is 2. The fourth-order valence-corrected chi connectivity index (χ4v) is 10.8. The summed E-state index contributed by atoms with van der Waals surface area (Å²) in [7, 11) is -11.3. The van der Waals surface area contributed by atoms with Gasteiger partial charge in [0.1, 0.15) is 18.3 Å². The van der Waals surface area contributed by atoms with Crippen LogP contribution >= 0.6 is 0 Å². The maximum Gasteiger partial charge on any atom is 1.00 e. The summed E-state index contributed by atoms with van der Waals surface area (Å²) in [4.78, 5) is 25.6. The van der Waals surface area contributed by atoms with Crippen molar-refractivity contribution in [3.05, 3.63) is 12.2 Å². The van der Waals surface area contributed by atoms with E-state index in [1.807, 2.05) is 6.92 Å². The second-order valence-electron chi connectivity index (χ2n) is 14.8. The van der Waals surface area contributed by atoms with Crippen LogP contribution in [0.4, 0.5) is 0 Å². The minimum absolute atomic E-state index is 0. The van der Waals surface area contributed by atoms with E-state index in [1.165, 1.54) is 0 Å². The summed E-state index contributed by atoms with van der Waals surface area (Å²) in [6.07, 6.45) is -8.49. The summed E-state index contributed by atoms with van der Waals surface area (Å²) in [6.45, 7) is 8.41. The Morgan fingerprint density at radius 1 is 1.02 bits per heavy atom. The molecule has 1 heterocycles. The van der Waals surface area contributed by atoms with Crippen LogP contribution in [0.5, 0.6) is 0 Å². The maximum absolute atomic E-state index is 12.9. The molecular formula is C30H44K2O16S2. The Bertz CT molecular complexity index is 1490. The number of carbonyl (C=O) groups excluding carboxylic acids is 1. The van der Waals surface area contributed by atoms with E-state index in [0.717, 1.165) is 24.8 Å². The van der Waals surface area contributed by atoms with E-state index in [2.05, 4.69) is 14.9 Å². The van der Waals surface area contributed by atoms with E-state index >= 15 is 0 Å². The molecule has 20 heteroatoms. The Labute approximate surface area is 377 Å². The second-order valence-corrected chi connectivity index (χ2v) is 16.8. The average Bonchev–Trinajstić information content (AvgIpc) is 3.12. The van der Waals surface area contributed by atoms with Gasteiger partial charge < -0.3 is 38.6 Å². The number of esters is 1. The Hall–Kier alpha value is 1.53. The van der Waals surface area contributed by atoms with Crippen molar-refractivity contribution in [3.63, 3.8) is 0 Å². The number of aliphatic hydroxyl groups is 2. The first-order valence-corrected chi connectivity index (χ1v) is 18.8. The molecule has 5 fully saturated rings. The first-order chi connectivity index (χ1) is 22.2. The van der Waals surface area contributed by atoms with E-state index in [0.29, 0.717) is 12.8 Å². The van der Waals surface area contributed by atoms with Gasteiger partial charge in [0.25, 0.3) is 0 Å². The van der Waals surface area contributed by atoms with E-state index in [4.69, 9.17) is 14.2 Å². The molecule has 274 valence electrons. The minimum atomic E-state index is -5.69. The van der Waals surface area contributed by atoms with Crippen molar-refractivity contribution < 1.29 is 176 Å². The third-order valence-corrected chi connectivity index (χ3v) is 12.4. The fraction of sp³-hybridized carbons (Fsp3) is 0.867. The van der Waals surface area contributed by atoms with Crippen LogP contribution in [0.3, 0.4) is 0 Å². The fourth-order valence-electron chi connectivity index (χ4n) is 9.81. The van der Waals surface area contributed by atoms with Crippen molar-refractivity contribution in [1.29, 1.82) is 0 Å². The summed E-state index contributed by atoms with van der Waals surface area (Å²) in [5, 5.41) is 31.9. The molecular weight excluding hydrogens is 759 g/mol. The molecule has 0 radical (unpaired) electrons. The van der Waals surface area contributed by atoms with Crippen molar-refractivity contribution in [2.45, 2.75) is 115 Å². The Kier molecular flexibility index (Phi) is 15.9. The van der Waals surface area contributed by atoms with Crippen LogP contribution in [0.2, 0.25) is 0 Å². The average molecular weight is 803 g/mol. The molecule has 0 aromatic heterocycles. The molecule has 13 atom stereocenters. The number of carboxylic acid groups (broad SMARTS) is 1. The quantitative estimate of drug-likeness (QED) is 0.0442. The van der Waals surface area contributed by atoms with Gasteiger partial charge in [-0.25, -0.2) is 16.8 Å². The van der Waals surface area contributed by atoms with Gasteiger partial charge in [0.15, 0.2) is 12.4 Å². The number of aliphatic hydroxyl groups excluding tert-OH is 2. The Morgan fingerprint density at radius 2 is 1.64 bits per heavy atom. The molecule has 4 saturated carbocycles. The predicted octanol–water partition coefficient (Wildman–Crippen LogP) is -5.01. The molecule has 3 N–H and O–H groups in total. The molecule has 0 amide bonds. The summed E-state index contributed by atoms with van der Waals surface area (Å²) in [5.74, 6) is -3.38. The molecule has 5 rings (SSSR count). The molecule has 2 bridgehead atoms. The number of fused-ring (bicyclic) bond motifs is 3. The van der Waals surface area contributed by atoms with Crippen LogP contribution in [0.25, 0.3) is 0 Å². The summed E-state index contributed by atoms with van der Waals surface area (Å²) in [5.41, 5.74) is -0.359. The zero-order chi connectivity index (χ0) is 35.6. The number of rotatable bonds is 11. The minimum Gasteiger partial charge on any atom is -0.726 e. The molecule has 1 spiro atoms. The zero-order valence-corrected chi connectivity index (χ0v) is 36.8. The SMILES string of the molecule is C=C1[C@@H]2CC[C@H]3[C@]4(C)C[C@H](O[C@H]5O[C@H](CO)[C@@H](OS(=O)(=O)[O-])[C@H](OS(=O)(=O)[O-])[C@H]5OC(=O)CC(C)C)C[C@@H](C(=O)O)[C@H]4CC[C@]3(C2)[C@H]1O.[K+].[K+]. The molecule has 0 aromatic carbocycles. The van der Waals surface area contributed by atoms with Crippen molar-refractivity contribution in [1.82, 2.24) is 0 Å². The number of hydrogen-bond acceptors (Lipinski definition) is 15. The van der Waals surface area contributed by atoms with Gasteiger partial charge in [0, 0.05) is 11.8 Å². The van der Waals surface area contributed by atoms with Gasteiger partial charge >= 0.3 is 115 Å². The normalized spacial score (nSPS) is 41.3. The van der Waals surface area contributed by atoms with Crippen molar-refractivity contribution >= 4 is 32.7 Å². The van der Waals surface area contributed by atoms with E-state index in [9.17, 15) is 50.8 Å². The number of carboxylic acids is 1. The predicted molar refractivity (Wildman–Crippen MR) is 159 cm³/mol. The third-order valence-electron chi connectivity index (χ3n) is 11.5. The summed E-state index contributed by atoms with van der Waals surface area (Å²) < 4.78 is 96.9. The third kappa shape index (κ3) is 9.55. The van der Waals surface area contributed by atoms with Gasteiger partial charge in [0.2, 0.25) is 20.8 Å². The number of aliphatic carboxylic acids is 1. The number of ether oxygens (including phenoxy) is 3. The first-order valence-electron chi connectivity index (χ1n) is 16.2. The van der Waals surface area contributed by atoms with Crippen LogP contribution in [0.1, 0.15) is 72.1 Å². The molecule has 0 aromatic rings. The Balaban J connectivity index is 0.00000338. The molecule has 50 heavy (non-hydrogen) atoms. The van der Waals surface area contributed by atoms with Crippen LogP contribution in [0.15, 0.2) is 12.2 Å². The van der Waals surface area contributed by atoms with E-state index in [1.54, 1.807) is 13.8 Å². The van der Waals surface area contributed by atoms with Crippen molar-refractivity contribution in [3.8, 4) is 0 Å². The molecule has 0 unspecified atom stereocenters. The van der Waals surface area contributed by atoms with Gasteiger partial charge in [-0.2, -0.15) is 0 Å². The topological polar surface area (TPSA) is 255 Å². The standard InChI is InChI=1S/C30H46O16S2.2K/c1-14(2)9-22(32)44-25-24(46-48(39,40)41)23(45-47(36,37)38)20(13-31)43-28(25)42-17-10-18(27(34)35)19-7-8-30-11-16(15(3)26(30)33)5-6-21(30)29(19,4)12-17;;/h14,16-21,23-26,28,31,33H,3,5-13H2,1-2,4H3,(H,34,35)(H,36,37,38)(H,39,40,41);;/q;2*+1/p-2/t16-,17-,18-,19-,20-,21+,23-,24+,25-,26+,28+,29-,30-;;/m1../s1. The van der Waals surface area contributed by atoms with Crippen LogP contribution in [0, 0.1) is 40.4 Å². The molecule has 1 aliphatic heterocycles.